The van der Waals surface area contributed by atoms with Gasteiger partial charge in [0.1, 0.15) is 5.69 Å². The van der Waals surface area contributed by atoms with Gasteiger partial charge >= 0.3 is 5.97 Å². The van der Waals surface area contributed by atoms with E-state index in [9.17, 15) is 9.59 Å². The van der Waals surface area contributed by atoms with Crippen LogP contribution in [0.25, 0.3) is 0 Å². The number of esters is 1. The van der Waals surface area contributed by atoms with Gasteiger partial charge in [0.05, 0.1) is 12.7 Å². The Morgan fingerprint density at radius 3 is 2.46 bits per heavy atom. The quantitative estimate of drug-likeness (QED) is 0.859. The highest BCUT2D eigenvalue weighted by Gasteiger charge is 2.38. The highest BCUT2D eigenvalue weighted by atomic mass is 16.5. The molecule has 1 saturated carbocycles. The zero-order valence-corrected chi connectivity index (χ0v) is 13.6. The summed E-state index contributed by atoms with van der Waals surface area (Å²) in [4.78, 5) is 27.8. The first-order chi connectivity index (χ1) is 11.6. The molecule has 0 atom stereocenters. The van der Waals surface area contributed by atoms with Gasteiger partial charge in [-0.25, -0.2) is 4.79 Å². The van der Waals surface area contributed by atoms with Gasteiger partial charge in [0.25, 0.3) is 5.91 Å². The molecule has 0 bridgehead atoms. The highest BCUT2D eigenvalue weighted by molar-refractivity contribution is 5.94. The minimum atomic E-state index is -0.466. The van der Waals surface area contributed by atoms with Crippen molar-refractivity contribution < 1.29 is 14.3 Å². The zero-order valence-electron chi connectivity index (χ0n) is 13.6. The van der Waals surface area contributed by atoms with E-state index in [1.165, 1.54) is 31.4 Å². The maximum Gasteiger partial charge on any atom is 0.339 e. The van der Waals surface area contributed by atoms with E-state index in [1.807, 2.05) is 18.2 Å². The van der Waals surface area contributed by atoms with E-state index in [0.29, 0.717) is 17.8 Å². The Morgan fingerprint density at radius 1 is 1.17 bits per heavy atom. The van der Waals surface area contributed by atoms with Crippen molar-refractivity contribution in [2.24, 2.45) is 0 Å². The monoisotopic (exact) mass is 324 g/mol. The molecule has 1 N–H and O–H groups in total. The number of aromatic nitrogens is 1. The molecule has 1 aromatic carbocycles. The number of carbonyl (C=O) groups excluding carboxylic acids is 2. The van der Waals surface area contributed by atoms with Gasteiger partial charge in [-0.05, 0) is 30.5 Å². The Balaban J connectivity index is 1.66. The van der Waals surface area contributed by atoms with E-state index in [1.54, 1.807) is 6.07 Å². The molecule has 0 saturated heterocycles. The Kier molecular flexibility index (Phi) is 4.60. The second-order valence-corrected chi connectivity index (χ2v) is 6.11. The largest absolute Gasteiger partial charge is 0.465 e. The number of hydrogen-bond donors (Lipinski definition) is 1. The predicted octanol–water partition coefficient (Wildman–Crippen LogP) is 2.72. The van der Waals surface area contributed by atoms with Gasteiger partial charge in [0, 0.05) is 18.2 Å². The standard InChI is InChI=1S/C19H20N2O3/c1-24-18(23)14-8-9-16(20-12-14)17(22)21-13-19(10-5-11-19)15-6-3-2-4-7-15/h2-4,6-9,12H,5,10-11,13H2,1H3,(H,21,22). The number of ether oxygens (including phenoxy) is 1. The van der Waals surface area contributed by atoms with Gasteiger partial charge < -0.3 is 10.1 Å². The number of rotatable bonds is 5. The second-order valence-electron chi connectivity index (χ2n) is 6.11. The number of methoxy groups -OCH3 is 1. The van der Waals surface area contributed by atoms with Crippen molar-refractivity contribution in [3.63, 3.8) is 0 Å². The first kappa shape index (κ1) is 16.2. The van der Waals surface area contributed by atoms with Crippen molar-refractivity contribution in [3.8, 4) is 0 Å². The van der Waals surface area contributed by atoms with Crippen LogP contribution in [0, 0.1) is 0 Å². The number of carbonyl (C=O) groups is 2. The number of nitrogens with zero attached hydrogens (tertiary/aromatic N) is 1. The van der Waals surface area contributed by atoms with Crippen LogP contribution in [0.3, 0.4) is 0 Å². The lowest BCUT2D eigenvalue weighted by molar-refractivity contribution is 0.0599. The molecule has 3 rings (SSSR count). The first-order valence-electron chi connectivity index (χ1n) is 8.03. The van der Waals surface area contributed by atoms with E-state index >= 15 is 0 Å². The molecule has 0 unspecified atom stereocenters. The first-order valence-corrected chi connectivity index (χ1v) is 8.03. The summed E-state index contributed by atoms with van der Waals surface area (Å²) in [5.74, 6) is -0.694. The molecule has 0 aliphatic heterocycles. The summed E-state index contributed by atoms with van der Waals surface area (Å²) in [6.45, 7) is 0.594. The Bertz CT molecular complexity index is 722. The molecule has 1 aliphatic carbocycles. The molecule has 1 aliphatic rings. The Labute approximate surface area is 141 Å². The third-order valence-electron chi connectivity index (χ3n) is 4.70. The van der Waals surface area contributed by atoms with Crippen molar-refractivity contribution in [2.75, 3.05) is 13.7 Å². The zero-order chi connectivity index (χ0) is 17.0. The topological polar surface area (TPSA) is 68.3 Å². The fraction of sp³-hybridized carbons (Fsp3) is 0.316. The molecule has 1 heterocycles. The molecule has 5 heteroatoms. The summed E-state index contributed by atoms with van der Waals surface area (Å²) in [5.41, 5.74) is 1.92. The number of pyridine rings is 1. The number of amides is 1. The average molecular weight is 324 g/mol. The van der Waals surface area contributed by atoms with Crippen molar-refractivity contribution in [3.05, 3.63) is 65.5 Å². The van der Waals surface area contributed by atoms with Gasteiger partial charge in [0.15, 0.2) is 0 Å². The molecule has 0 spiro atoms. The van der Waals surface area contributed by atoms with Crippen LogP contribution in [0.15, 0.2) is 48.7 Å². The summed E-state index contributed by atoms with van der Waals surface area (Å²) < 4.78 is 4.62. The van der Waals surface area contributed by atoms with Gasteiger partial charge in [0.2, 0.25) is 0 Å². The van der Waals surface area contributed by atoms with Crippen LogP contribution in [0.5, 0.6) is 0 Å². The van der Waals surface area contributed by atoms with E-state index in [-0.39, 0.29) is 11.3 Å². The van der Waals surface area contributed by atoms with Crippen LogP contribution in [0.1, 0.15) is 45.7 Å². The van der Waals surface area contributed by atoms with Gasteiger partial charge in [-0.2, -0.15) is 0 Å². The minimum Gasteiger partial charge on any atom is -0.465 e. The fourth-order valence-corrected chi connectivity index (χ4v) is 3.07. The minimum absolute atomic E-state index is 0.0306. The SMILES string of the molecule is COC(=O)c1ccc(C(=O)NCC2(c3ccccc3)CCC2)nc1. The molecule has 1 fully saturated rings. The van der Waals surface area contributed by atoms with Crippen molar-refractivity contribution in [2.45, 2.75) is 24.7 Å². The van der Waals surface area contributed by atoms with Crippen LogP contribution < -0.4 is 5.32 Å². The summed E-state index contributed by atoms with van der Waals surface area (Å²) in [5, 5.41) is 2.99. The average Bonchev–Trinajstić information content (AvgIpc) is 2.61. The highest BCUT2D eigenvalue weighted by Crippen LogP contribution is 2.43. The van der Waals surface area contributed by atoms with Gasteiger partial charge in [-0.15, -0.1) is 0 Å². The normalized spacial score (nSPS) is 15.2. The summed E-state index contributed by atoms with van der Waals surface area (Å²) in [7, 11) is 1.31. The summed E-state index contributed by atoms with van der Waals surface area (Å²) >= 11 is 0. The molecule has 2 aromatic rings. The van der Waals surface area contributed by atoms with Crippen LogP contribution in [-0.2, 0) is 10.2 Å². The molecule has 1 amide bonds. The molecule has 0 radical (unpaired) electrons. The maximum atomic E-state index is 12.3. The van der Waals surface area contributed by atoms with Crippen LogP contribution >= 0.6 is 0 Å². The molecular formula is C19H20N2O3. The molecule has 24 heavy (non-hydrogen) atoms. The third kappa shape index (κ3) is 3.15. The number of nitrogens with one attached hydrogen (secondary N) is 1. The Hall–Kier alpha value is -2.69. The van der Waals surface area contributed by atoms with Gasteiger partial charge in [-0.1, -0.05) is 36.8 Å². The molecular weight excluding hydrogens is 304 g/mol. The van der Waals surface area contributed by atoms with Crippen LogP contribution in [0.4, 0.5) is 0 Å². The summed E-state index contributed by atoms with van der Waals surface area (Å²) in [6.07, 6.45) is 4.69. The molecule has 5 nitrogen and oxygen atoms in total. The molecule has 124 valence electrons. The third-order valence-corrected chi connectivity index (χ3v) is 4.70. The fourth-order valence-electron chi connectivity index (χ4n) is 3.07. The van der Waals surface area contributed by atoms with Crippen LogP contribution in [0.2, 0.25) is 0 Å². The van der Waals surface area contributed by atoms with E-state index in [0.717, 1.165) is 12.8 Å². The van der Waals surface area contributed by atoms with Crippen LogP contribution in [-0.4, -0.2) is 30.5 Å². The lowest BCUT2D eigenvalue weighted by atomic mass is 9.64. The van der Waals surface area contributed by atoms with E-state index < -0.39 is 5.97 Å². The lowest BCUT2D eigenvalue weighted by Gasteiger charge is -2.42. The van der Waals surface area contributed by atoms with Gasteiger partial charge in [-0.3, -0.25) is 9.78 Å². The Morgan fingerprint density at radius 2 is 1.92 bits per heavy atom. The maximum absolute atomic E-state index is 12.3. The number of hydrogen-bond acceptors (Lipinski definition) is 4. The van der Waals surface area contributed by atoms with Crippen molar-refractivity contribution >= 4 is 11.9 Å². The molecule has 1 aromatic heterocycles. The van der Waals surface area contributed by atoms with E-state index in [4.69, 9.17) is 0 Å². The summed E-state index contributed by atoms with van der Waals surface area (Å²) in [6, 6.07) is 13.4. The smallest absolute Gasteiger partial charge is 0.339 e. The van der Waals surface area contributed by atoms with E-state index in [2.05, 4.69) is 27.2 Å². The lowest BCUT2D eigenvalue weighted by Crippen LogP contribution is -2.45. The number of benzene rings is 1. The predicted molar refractivity (Wildman–Crippen MR) is 89.9 cm³/mol. The van der Waals surface area contributed by atoms with Crippen molar-refractivity contribution in [1.29, 1.82) is 0 Å². The second kappa shape index (κ2) is 6.83. The van der Waals surface area contributed by atoms with Crippen molar-refractivity contribution in [1.82, 2.24) is 10.3 Å².